The largest absolute Gasteiger partial charge is 0.418 e. The topological polar surface area (TPSA) is 70.2 Å². The normalized spacial score (nSPS) is 20.7. The van der Waals surface area contributed by atoms with Crippen LogP contribution in [0.4, 0.5) is 29.3 Å². The number of urea groups is 1. The van der Waals surface area contributed by atoms with E-state index in [1.54, 1.807) is 0 Å². The first kappa shape index (κ1) is 19.1. The number of carbonyl (C=O) groups is 2. The molecule has 0 aliphatic heterocycles. The summed E-state index contributed by atoms with van der Waals surface area (Å²) >= 11 is 0. The number of alkyl halides is 3. The van der Waals surface area contributed by atoms with E-state index in [2.05, 4.69) is 16.0 Å². The minimum atomic E-state index is -4.66. The van der Waals surface area contributed by atoms with Gasteiger partial charge in [-0.05, 0) is 37.0 Å². The molecule has 1 aromatic rings. The summed E-state index contributed by atoms with van der Waals surface area (Å²) < 4.78 is 39.8. The molecule has 8 heteroatoms. The zero-order valence-electron chi connectivity index (χ0n) is 14.2. The van der Waals surface area contributed by atoms with Crippen molar-refractivity contribution in [1.29, 1.82) is 0 Å². The molecule has 138 valence electrons. The molecule has 0 radical (unpaired) electrons. The quantitative estimate of drug-likeness (QED) is 0.752. The Morgan fingerprint density at radius 1 is 1.12 bits per heavy atom. The number of hydrogen-bond acceptors (Lipinski definition) is 2. The second kappa shape index (κ2) is 7.76. The van der Waals surface area contributed by atoms with Crippen LogP contribution in [0.15, 0.2) is 18.2 Å². The predicted molar refractivity (Wildman–Crippen MR) is 89.3 cm³/mol. The van der Waals surface area contributed by atoms with Crippen LogP contribution < -0.4 is 16.0 Å². The van der Waals surface area contributed by atoms with E-state index >= 15 is 0 Å². The molecule has 0 bridgehead atoms. The lowest BCUT2D eigenvalue weighted by atomic mass is 9.86. The van der Waals surface area contributed by atoms with Crippen molar-refractivity contribution in [1.82, 2.24) is 5.32 Å². The number of carbonyl (C=O) groups excluding carboxylic acids is 2. The molecule has 1 aliphatic rings. The molecule has 0 aromatic heterocycles. The van der Waals surface area contributed by atoms with Gasteiger partial charge in [-0.2, -0.15) is 13.2 Å². The Morgan fingerprint density at radius 2 is 1.80 bits per heavy atom. The highest BCUT2D eigenvalue weighted by Crippen LogP contribution is 2.36. The van der Waals surface area contributed by atoms with E-state index in [9.17, 15) is 22.8 Å². The van der Waals surface area contributed by atoms with Crippen LogP contribution in [-0.2, 0) is 11.0 Å². The molecule has 0 saturated heterocycles. The van der Waals surface area contributed by atoms with Gasteiger partial charge < -0.3 is 16.0 Å². The molecule has 2 unspecified atom stereocenters. The minimum absolute atomic E-state index is 0.0201. The van der Waals surface area contributed by atoms with Gasteiger partial charge in [0.15, 0.2) is 0 Å². The van der Waals surface area contributed by atoms with Gasteiger partial charge in [-0.3, -0.25) is 4.79 Å². The van der Waals surface area contributed by atoms with Crippen molar-refractivity contribution in [3.8, 4) is 0 Å². The second-order valence-corrected chi connectivity index (χ2v) is 6.41. The highest BCUT2D eigenvalue weighted by Gasteiger charge is 2.34. The molecule has 25 heavy (non-hydrogen) atoms. The number of amides is 3. The molecule has 3 amide bonds. The van der Waals surface area contributed by atoms with Gasteiger partial charge in [-0.15, -0.1) is 0 Å². The number of nitrogens with one attached hydrogen (secondary N) is 3. The summed E-state index contributed by atoms with van der Waals surface area (Å²) in [7, 11) is 0. The molecular weight excluding hydrogens is 335 g/mol. The van der Waals surface area contributed by atoms with E-state index in [4.69, 9.17) is 0 Å². The molecule has 1 aliphatic carbocycles. The van der Waals surface area contributed by atoms with E-state index in [0.717, 1.165) is 37.8 Å². The lowest BCUT2D eigenvalue weighted by molar-refractivity contribution is -0.137. The van der Waals surface area contributed by atoms with E-state index in [1.165, 1.54) is 13.0 Å². The van der Waals surface area contributed by atoms with Crippen LogP contribution in [0.3, 0.4) is 0 Å². The maximum atomic E-state index is 13.3. The predicted octanol–water partition coefficient (Wildman–Crippen LogP) is 4.36. The first-order valence-electron chi connectivity index (χ1n) is 8.23. The number of hydrogen-bond donors (Lipinski definition) is 3. The Hall–Kier alpha value is -2.25. The first-order valence-corrected chi connectivity index (χ1v) is 8.23. The Kier molecular flexibility index (Phi) is 5.92. The van der Waals surface area contributed by atoms with E-state index in [1.807, 2.05) is 6.92 Å². The van der Waals surface area contributed by atoms with Crippen LogP contribution in [0.1, 0.15) is 45.1 Å². The smallest absolute Gasteiger partial charge is 0.335 e. The third kappa shape index (κ3) is 5.37. The van der Waals surface area contributed by atoms with Crippen molar-refractivity contribution >= 4 is 23.3 Å². The van der Waals surface area contributed by atoms with Crippen molar-refractivity contribution in [2.24, 2.45) is 5.92 Å². The fourth-order valence-electron chi connectivity index (χ4n) is 3.03. The Balaban J connectivity index is 2.14. The second-order valence-electron chi connectivity index (χ2n) is 6.41. The van der Waals surface area contributed by atoms with Gasteiger partial charge >= 0.3 is 12.2 Å². The fourth-order valence-corrected chi connectivity index (χ4v) is 3.03. The zero-order valence-corrected chi connectivity index (χ0v) is 14.2. The summed E-state index contributed by atoms with van der Waals surface area (Å²) in [5.41, 5.74) is -1.33. The summed E-state index contributed by atoms with van der Waals surface area (Å²) in [6.07, 6.45) is -0.750. The number of benzene rings is 1. The summed E-state index contributed by atoms with van der Waals surface area (Å²) in [6.45, 7) is 3.23. The highest BCUT2D eigenvalue weighted by atomic mass is 19.4. The maximum absolute atomic E-state index is 13.3. The van der Waals surface area contributed by atoms with E-state index < -0.39 is 23.7 Å². The molecule has 1 fully saturated rings. The molecule has 2 atom stereocenters. The molecule has 0 spiro atoms. The molecule has 1 saturated carbocycles. The van der Waals surface area contributed by atoms with E-state index in [-0.39, 0.29) is 17.4 Å². The van der Waals surface area contributed by atoms with Gasteiger partial charge in [0.05, 0.1) is 11.3 Å². The third-order valence-electron chi connectivity index (χ3n) is 4.32. The molecule has 1 aromatic carbocycles. The molecule has 5 nitrogen and oxygen atoms in total. The van der Waals surface area contributed by atoms with Crippen LogP contribution >= 0.6 is 0 Å². The summed E-state index contributed by atoms with van der Waals surface area (Å²) in [6, 6.07) is 2.56. The average molecular weight is 357 g/mol. The summed E-state index contributed by atoms with van der Waals surface area (Å²) in [5.74, 6) is -0.179. The highest BCUT2D eigenvalue weighted by molar-refractivity contribution is 5.92. The SMILES string of the molecule is CC(=O)Nc1ccc(NC(=O)NC2CCCCC2C)c(C(F)(F)F)c1. The lowest BCUT2D eigenvalue weighted by Crippen LogP contribution is -2.43. The molecule has 3 N–H and O–H groups in total. The molecule has 2 rings (SSSR count). The molecule has 0 heterocycles. The van der Waals surface area contributed by atoms with Crippen molar-refractivity contribution in [3.05, 3.63) is 23.8 Å². The van der Waals surface area contributed by atoms with Gasteiger partial charge in [-0.1, -0.05) is 19.8 Å². The van der Waals surface area contributed by atoms with Crippen molar-refractivity contribution < 1.29 is 22.8 Å². The fraction of sp³-hybridized carbons (Fsp3) is 0.529. The van der Waals surface area contributed by atoms with E-state index in [0.29, 0.717) is 5.92 Å². The summed E-state index contributed by atoms with van der Waals surface area (Å²) in [4.78, 5) is 23.1. The van der Waals surface area contributed by atoms with Crippen LogP contribution in [0, 0.1) is 5.92 Å². The third-order valence-corrected chi connectivity index (χ3v) is 4.32. The number of halogens is 3. The van der Waals surface area contributed by atoms with Crippen molar-refractivity contribution in [2.75, 3.05) is 10.6 Å². The van der Waals surface area contributed by atoms with Crippen molar-refractivity contribution in [3.63, 3.8) is 0 Å². The van der Waals surface area contributed by atoms with Gasteiger partial charge in [0, 0.05) is 18.7 Å². The maximum Gasteiger partial charge on any atom is 0.418 e. The summed E-state index contributed by atoms with van der Waals surface area (Å²) in [5, 5.41) is 7.34. The Labute approximate surface area is 144 Å². The number of anilines is 2. The van der Waals surface area contributed by atoms with Crippen LogP contribution in [0.5, 0.6) is 0 Å². The lowest BCUT2D eigenvalue weighted by Gasteiger charge is -2.29. The monoisotopic (exact) mass is 357 g/mol. The van der Waals surface area contributed by atoms with Crippen LogP contribution in [-0.4, -0.2) is 18.0 Å². The standard InChI is InChI=1S/C17H22F3N3O2/c1-10-5-3-4-6-14(10)22-16(25)23-15-8-7-12(21-11(2)24)9-13(15)17(18,19)20/h7-10,14H,3-6H2,1-2H3,(H,21,24)(H2,22,23,25). The minimum Gasteiger partial charge on any atom is -0.335 e. The average Bonchev–Trinajstić information content (AvgIpc) is 2.49. The molecular formula is C17H22F3N3O2. The van der Waals surface area contributed by atoms with Crippen LogP contribution in [0.25, 0.3) is 0 Å². The first-order chi connectivity index (χ1) is 11.7. The Bertz CT molecular complexity index is 647. The van der Waals surface area contributed by atoms with Gasteiger partial charge in [0.2, 0.25) is 5.91 Å². The van der Waals surface area contributed by atoms with Crippen LogP contribution in [0.2, 0.25) is 0 Å². The Morgan fingerprint density at radius 3 is 2.40 bits per heavy atom. The van der Waals surface area contributed by atoms with Gasteiger partial charge in [0.25, 0.3) is 0 Å². The van der Waals surface area contributed by atoms with Crippen molar-refractivity contribution in [2.45, 2.75) is 51.7 Å². The zero-order chi connectivity index (χ0) is 18.6. The van der Waals surface area contributed by atoms with Gasteiger partial charge in [0.1, 0.15) is 0 Å². The van der Waals surface area contributed by atoms with Gasteiger partial charge in [-0.25, -0.2) is 4.79 Å². The number of rotatable bonds is 3.